The summed E-state index contributed by atoms with van der Waals surface area (Å²) >= 11 is 0. The van der Waals surface area contributed by atoms with Crippen molar-refractivity contribution < 1.29 is 22.7 Å². The Balaban J connectivity index is 1.72. The van der Waals surface area contributed by atoms with Gasteiger partial charge in [-0.25, -0.2) is 8.42 Å². The summed E-state index contributed by atoms with van der Waals surface area (Å²) in [5.41, 5.74) is 1.58. The van der Waals surface area contributed by atoms with Gasteiger partial charge in [0.15, 0.2) is 0 Å². The van der Waals surface area contributed by atoms with E-state index in [4.69, 9.17) is 4.74 Å². The Morgan fingerprint density at radius 2 is 2.07 bits per heavy atom. The highest BCUT2D eigenvalue weighted by atomic mass is 32.2. The molecule has 1 aromatic rings. The first-order valence-electron chi connectivity index (χ1n) is 10.6. The van der Waals surface area contributed by atoms with E-state index in [1.54, 1.807) is 37.8 Å². The monoisotopic (exact) mass is 437 g/mol. The van der Waals surface area contributed by atoms with Gasteiger partial charge >= 0.3 is 0 Å². The van der Waals surface area contributed by atoms with E-state index < -0.39 is 16.1 Å². The molecule has 0 bridgehead atoms. The Labute approximate surface area is 178 Å². The predicted octanol–water partition coefficient (Wildman–Crippen LogP) is 1.58. The van der Waals surface area contributed by atoms with Crippen molar-refractivity contribution in [2.45, 2.75) is 63.5 Å². The van der Waals surface area contributed by atoms with E-state index in [1.165, 1.54) is 6.07 Å². The van der Waals surface area contributed by atoms with Crippen LogP contribution >= 0.6 is 0 Å². The number of fused-ring (bicyclic) bond motifs is 1. The van der Waals surface area contributed by atoms with Gasteiger partial charge in [0.25, 0.3) is 0 Å². The van der Waals surface area contributed by atoms with Gasteiger partial charge in [-0.05, 0) is 48.9 Å². The maximum Gasteiger partial charge on any atom is 0.241 e. The largest absolute Gasteiger partial charge is 0.376 e. The summed E-state index contributed by atoms with van der Waals surface area (Å²) in [6, 6.07) is 3.88. The lowest BCUT2D eigenvalue weighted by atomic mass is 10.0. The number of carbonyl (C=O) groups excluding carboxylic acids is 2. The lowest BCUT2D eigenvalue weighted by Gasteiger charge is -2.23. The van der Waals surface area contributed by atoms with Crippen molar-refractivity contribution in [3.05, 3.63) is 23.8 Å². The quantitative estimate of drug-likeness (QED) is 0.643. The standard InChI is InChI=1S/C21H31N3O5S/c1-4-19(25)24-10-9-15-12-17(7-8-18(15)24)30(27,28)23-20(14(2)3)21(26)22-13-16-6-5-11-29-16/h7-8,12,14,16,20,23H,4-6,9-11,13H2,1-3H3,(H,22,26)/t16-,20+/m0/s1. The number of hydrogen-bond donors (Lipinski definition) is 2. The number of hydrogen-bond acceptors (Lipinski definition) is 5. The molecule has 2 N–H and O–H groups in total. The van der Waals surface area contributed by atoms with Crippen molar-refractivity contribution in [1.82, 2.24) is 10.0 Å². The minimum atomic E-state index is -3.90. The average Bonchev–Trinajstić information content (AvgIpc) is 3.38. The SMILES string of the molecule is CCC(=O)N1CCc2cc(S(=O)(=O)N[C@@H](C(=O)NC[C@@H]3CCCO3)C(C)C)ccc21. The van der Waals surface area contributed by atoms with E-state index in [9.17, 15) is 18.0 Å². The molecule has 2 aliphatic rings. The van der Waals surface area contributed by atoms with E-state index in [1.807, 2.05) is 0 Å². The van der Waals surface area contributed by atoms with Gasteiger partial charge in [-0.3, -0.25) is 9.59 Å². The Hall–Kier alpha value is -1.97. The van der Waals surface area contributed by atoms with Gasteiger partial charge in [0, 0.05) is 31.8 Å². The van der Waals surface area contributed by atoms with Gasteiger partial charge < -0.3 is 15.0 Å². The summed E-state index contributed by atoms with van der Waals surface area (Å²) < 4.78 is 34.0. The van der Waals surface area contributed by atoms with Crippen molar-refractivity contribution in [1.29, 1.82) is 0 Å². The van der Waals surface area contributed by atoms with Crippen LogP contribution in [-0.4, -0.2) is 52.1 Å². The molecule has 9 heteroatoms. The summed E-state index contributed by atoms with van der Waals surface area (Å²) in [4.78, 5) is 26.5. The van der Waals surface area contributed by atoms with E-state index in [2.05, 4.69) is 10.0 Å². The topological polar surface area (TPSA) is 105 Å². The van der Waals surface area contributed by atoms with Crippen LogP contribution in [0.5, 0.6) is 0 Å². The highest BCUT2D eigenvalue weighted by Gasteiger charge is 2.31. The van der Waals surface area contributed by atoms with Crippen LogP contribution < -0.4 is 14.9 Å². The molecule has 166 valence electrons. The van der Waals surface area contributed by atoms with Crippen LogP contribution in [0.1, 0.15) is 45.6 Å². The number of ether oxygens (including phenoxy) is 1. The number of carbonyl (C=O) groups is 2. The number of nitrogens with zero attached hydrogens (tertiary/aromatic N) is 1. The molecular formula is C21H31N3O5S. The molecular weight excluding hydrogens is 406 g/mol. The highest BCUT2D eigenvalue weighted by Crippen LogP contribution is 2.30. The van der Waals surface area contributed by atoms with Gasteiger partial charge in [-0.1, -0.05) is 20.8 Å². The minimum Gasteiger partial charge on any atom is -0.376 e. The molecule has 2 atom stereocenters. The van der Waals surface area contributed by atoms with Crippen LogP contribution in [0.15, 0.2) is 23.1 Å². The Morgan fingerprint density at radius 1 is 1.30 bits per heavy atom. The van der Waals surface area contributed by atoms with Crippen molar-refractivity contribution in [2.75, 3.05) is 24.6 Å². The molecule has 2 aliphatic heterocycles. The molecule has 0 radical (unpaired) electrons. The van der Waals surface area contributed by atoms with Crippen molar-refractivity contribution in [3.8, 4) is 0 Å². The maximum absolute atomic E-state index is 13.0. The molecule has 0 unspecified atom stereocenters. The molecule has 1 fully saturated rings. The lowest BCUT2D eigenvalue weighted by Crippen LogP contribution is -2.50. The Bertz CT molecular complexity index is 894. The molecule has 0 aromatic heterocycles. The average molecular weight is 438 g/mol. The van der Waals surface area contributed by atoms with Gasteiger partial charge in [-0.2, -0.15) is 4.72 Å². The maximum atomic E-state index is 13.0. The Kier molecular flexibility index (Phi) is 7.15. The van der Waals surface area contributed by atoms with Crippen LogP contribution in [0, 0.1) is 5.92 Å². The van der Waals surface area contributed by atoms with Crippen molar-refractivity contribution in [2.24, 2.45) is 5.92 Å². The minimum absolute atomic E-state index is 0.0103. The second-order valence-electron chi connectivity index (χ2n) is 8.16. The summed E-state index contributed by atoms with van der Waals surface area (Å²) in [5, 5.41) is 2.81. The first kappa shape index (κ1) is 22.7. The van der Waals surface area contributed by atoms with Crippen LogP contribution in [-0.2, 0) is 30.8 Å². The fraction of sp³-hybridized carbons (Fsp3) is 0.619. The van der Waals surface area contributed by atoms with Crippen LogP contribution in [0.4, 0.5) is 5.69 Å². The third-order valence-corrected chi connectivity index (χ3v) is 7.06. The smallest absolute Gasteiger partial charge is 0.241 e. The van der Waals surface area contributed by atoms with Gasteiger partial charge in [0.2, 0.25) is 21.8 Å². The normalized spacial score (nSPS) is 19.7. The summed E-state index contributed by atoms with van der Waals surface area (Å²) in [7, 11) is -3.90. The zero-order chi connectivity index (χ0) is 21.9. The highest BCUT2D eigenvalue weighted by molar-refractivity contribution is 7.89. The fourth-order valence-electron chi connectivity index (χ4n) is 3.85. The fourth-order valence-corrected chi connectivity index (χ4v) is 5.25. The van der Waals surface area contributed by atoms with E-state index >= 15 is 0 Å². The lowest BCUT2D eigenvalue weighted by molar-refractivity contribution is -0.124. The summed E-state index contributed by atoms with van der Waals surface area (Å²) in [5.74, 6) is -0.563. The first-order valence-corrected chi connectivity index (χ1v) is 12.1. The van der Waals surface area contributed by atoms with Crippen LogP contribution in [0.2, 0.25) is 0 Å². The number of amides is 2. The van der Waals surface area contributed by atoms with Gasteiger partial charge in [0.1, 0.15) is 6.04 Å². The molecule has 0 spiro atoms. The third-order valence-electron chi connectivity index (χ3n) is 5.62. The number of nitrogens with one attached hydrogen (secondary N) is 2. The molecule has 3 rings (SSSR count). The van der Waals surface area contributed by atoms with Crippen LogP contribution in [0.25, 0.3) is 0 Å². The summed E-state index contributed by atoms with van der Waals surface area (Å²) in [6.45, 7) is 7.04. The first-order chi connectivity index (χ1) is 14.2. The van der Waals surface area contributed by atoms with E-state index in [0.29, 0.717) is 32.5 Å². The molecule has 30 heavy (non-hydrogen) atoms. The second kappa shape index (κ2) is 9.45. The number of anilines is 1. The van der Waals surface area contributed by atoms with Gasteiger partial charge in [0.05, 0.1) is 11.0 Å². The van der Waals surface area contributed by atoms with Crippen molar-refractivity contribution >= 4 is 27.5 Å². The zero-order valence-electron chi connectivity index (χ0n) is 17.8. The summed E-state index contributed by atoms with van der Waals surface area (Å²) in [6.07, 6.45) is 2.87. The van der Waals surface area contributed by atoms with E-state index in [0.717, 1.165) is 24.1 Å². The number of benzene rings is 1. The molecule has 1 saturated heterocycles. The molecule has 0 aliphatic carbocycles. The third kappa shape index (κ3) is 5.01. The zero-order valence-corrected chi connectivity index (χ0v) is 18.6. The molecule has 0 saturated carbocycles. The van der Waals surface area contributed by atoms with E-state index in [-0.39, 0.29) is 28.7 Å². The number of rotatable bonds is 8. The Morgan fingerprint density at radius 3 is 2.70 bits per heavy atom. The molecule has 1 aromatic carbocycles. The van der Waals surface area contributed by atoms with Gasteiger partial charge in [-0.15, -0.1) is 0 Å². The van der Waals surface area contributed by atoms with Crippen LogP contribution in [0.3, 0.4) is 0 Å². The molecule has 2 amide bonds. The number of sulfonamides is 1. The predicted molar refractivity (Wildman–Crippen MR) is 114 cm³/mol. The second-order valence-corrected chi connectivity index (χ2v) is 9.88. The van der Waals surface area contributed by atoms with Crippen molar-refractivity contribution in [3.63, 3.8) is 0 Å². The molecule has 8 nitrogen and oxygen atoms in total. The molecule has 2 heterocycles.